The lowest BCUT2D eigenvalue weighted by Crippen LogP contribution is -2.28. The van der Waals surface area contributed by atoms with Gasteiger partial charge in [-0.1, -0.05) is 36.0 Å². The van der Waals surface area contributed by atoms with Crippen LogP contribution in [-0.4, -0.2) is 28.4 Å². The molecule has 3 rings (SSSR count). The van der Waals surface area contributed by atoms with Gasteiger partial charge < -0.3 is 10.6 Å². The number of anilines is 1. The summed E-state index contributed by atoms with van der Waals surface area (Å²) in [5.41, 5.74) is 0.709. The van der Waals surface area contributed by atoms with Crippen LogP contribution in [0.15, 0.2) is 58.0 Å². The molecule has 2 amide bonds. The average Bonchev–Trinajstić information content (AvgIpc) is 3.19. The van der Waals surface area contributed by atoms with Gasteiger partial charge in [0.25, 0.3) is 0 Å². The summed E-state index contributed by atoms with van der Waals surface area (Å²) >= 11 is 2.76. The summed E-state index contributed by atoms with van der Waals surface area (Å²) in [6.07, 6.45) is 1.71. The molecule has 8 heteroatoms. The van der Waals surface area contributed by atoms with Crippen LogP contribution in [0.25, 0.3) is 0 Å². The number of thioether (sulfide) groups is 1. The molecule has 0 spiro atoms. The first kappa shape index (κ1) is 16.4. The minimum atomic E-state index is -0.496. The maximum atomic E-state index is 12.0. The number of thiophene rings is 1. The Kier molecular flexibility index (Phi) is 5.39. The zero-order valence-corrected chi connectivity index (χ0v) is 14.1. The number of amidine groups is 1. The molecule has 24 heavy (non-hydrogen) atoms. The SMILES string of the molecule is O=C(C[C@@H]1S/C(=N/N=C/c2cccs2)NC1=O)Nc1ccccc1. The first-order valence-electron chi connectivity index (χ1n) is 7.17. The molecule has 6 nitrogen and oxygen atoms in total. The van der Waals surface area contributed by atoms with Gasteiger partial charge in [0, 0.05) is 17.0 Å². The van der Waals surface area contributed by atoms with E-state index in [0.29, 0.717) is 10.9 Å². The standard InChI is InChI=1S/C16H14N4O2S2/c21-14(18-11-5-2-1-3-6-11)9-13-15(22)19-16(24-13)20-17-10-12-7-4-8-23-12/h1-8,10,13H,9H2,(H,18,21)(H,19,20,22)/b17-10+/t13-/m0/s1. The van der Waals surface area contributed by atoms with E-state index in [-0.39, 0.29) is 18.2 Å². The molecule has 1 aliphatic rings. The van der Waals surface area contributed by atoms with Crippen LogP contribution in [0.4, 0.5) is 5.69 Å². The number of para-hydroxylation sites is 1. The Balaban J connectivity index is 1.54. The van der Waals surface area contributed by atoms with Crippen LogP contribution >= 0.6 is 23.1 Å². The van der Waals surface area contributed by atoms with E-state index in [9.17, 15) is 9.59 Å². The smallest absolute Gasteiger partial charge is 0.240 e. The van der Waals surface area contributed by atoms with Gasteiger partial charge in [0.2, 0.25) is 11.8 Å². The maximum absolute atomic E-state index is 12.0. The quantitative estimate of drug-likeness (QED) is 0.637. The van der Waals surface area contributed by atoms with Crippen molar-refractivity contribution in [1.82, 2.24) is 5.32 Å². The predicted octanol–water partition coefficient (Wildman–Crippen LogP) is 2.70. The first-order chi connectivity index (χ1) is 11.7. The van der Waals surface area contributed by atoms with Gasteiger partial charge in [-0.2, -0.15) is 5.10 Å². The molecule has 122 valence electrons. The minimum absolute atomic E-state index is 0.0824. The molecule has 1 atom stereocenters. The highest BCUT2D eigenvalue weighted by Gasteiger charge is 2.32. The van der Waals surface area contributed by atoms with Gasteiger partial charge in [-0.05, 0) is 23.6 Å². The third-order valence-corrected chi connectivity index (χ3v) is 4.96. The summed E-state index contributed by atoms with van der Waals surface area (Å²) in [7, 11) is 0. The highest BCUT2D eigenvalue weighted by Crippen LogP contribution is 2.23. The fraction of sp³-hybridized carbons (Fsp3) is 0.125. The van der Waals surface area contributed by atoms with Gasteiger partial charge in [0.05, 0.1) is 6.21 Å². The van der Waals surface area contributed by atoms with E-state index >= 15 is 0 Å². The van der Waals surface area contributed by atoms with E-state index in [2.05, 4.69) is 20.8 Å². The van der Waals surface area contributed by atoms with Crippen molar-refractivity contribution in [2.45, 2.75) is 11.7 Å². The number of nitrogens with one attached hydrogen (secondary N) is 2. The van der Waals surface area contributed by atoms with E-state index in [0.717, 1.165) is 4.88 Å². The highest BCUT2D eigenvalue weighted by atomic mass is 32.2. The molecule has 1 saturated heterocycles. The van der Waals surface area contributed by atoms with Crippen molar-refractivity contribution >= 4 is 52.0 Å². The Morgan fingerprint density at radius 3 is 2.83 bits per heavy atom. The van der Waals surface area contributed by atoms with E-state index in [4.69, 9.17) is 0 Å². The van der Waals surface area contributed by atoms with Crippen LogP contribution in [0.2, 0.25) is 0 Å². The Hall–Kier alpha value is -2.45. The number of nitrogens with zero attached hydrogens (tertiary/aromatic N) is 2. The van der Waals surface area contributed by atoms with Gasteiger partial charge in [0.1, 0.15) is 5.25 Å². The van der Waals surface area contributed by atoms with Crippen molar-refractivity contribution in [2.24, 2.45) is 10.2 Å². The molecule has 1 aromatic carbocycles. The lowest BCUT2D eigenvalue weighted by atomic mass is 10.2. The van der Waals surface area contributed by atoms with Gasteiger partial charge in [-0.3, -0.25) is 9.59 Å². The largest absolute Gasteiger partial charge is 0.326 e. The molecule has 2 aromatic rings. The summed E-state index contributed by atoms with van der Waals surface area (Å²) in [5.74, 6) is -0.439. The fourth-order valence-corrected chi connectivity index (χ4v) is 3.49. The number of benzene rings is 1. The number of rotatable bonds is 5. The monoisotopic (exact) mass is 358 g/mol. The second kappa shape index (κ2) is 7.89. The lowest BCUT2D eigenvalue weighted by Gasteiger charge is -2.06. The number of hydrogen-bond acceptors (Lipinski definition) is 6. The molecule has 0 saturated carbocycles. The molecule has 1 aliphatic heterocycles. The van der Waals surface area contributed by atoms with Crippen LogP contribution in [0.1, 0.15) is 11.3 Å². The molecule has 1 aromatic heterocycles. The topological polar surface area (TPSA) is 82.9 Å². The second-order valence-electron chi connectivity index (χ2n) is 4.88. The Bertz CT molecular complexity index is 773. The Labute approximate surface area is 147 Å². The van der Waals surface area contributed by atoms with E-state index in [1.165, 1.54) is 11.8 Å². The van der Waals surface area contributed by atoms with Crippen LogP contribution in [0.5, 0.6) is 0 Å². The van der Waals surface area contributed by atoms with E-state index in [1.807, 2.05) is 35.7 Å². The van der Waals surface area contributed by atoms with E-state index in [1.54, 1.807) is 29.7 Å². The molecular formula is C16H14N4O2S2. The summed E-state index contributed by atoms with van der Waals surface area (Å²) in [6, 6.07) is 13.0. The van der Waals surface area contributed by atoms with Crippen LogP contribution in [0, 0.1) is 0 Å². The number of hydrogen-bond donors (Lipinski definition) is 2. The number of carbonyl (C=O) groups excluding carboxylic acids is 2. The second-order valence-corrected chi connectivity index (χ2v) is 7.05. The Morgan fingerprint density at radius 2 is 2.08 bits per heavy atom. The van der Waals surface area contributed by atoms with Gasteiger partial charge >= 0.3 is 0 Å². The van der Waals surface area contributed by atoms with Crippen molar-refractivity contribution in [2.75, 3.05) is 5.32 Å². The third-order valence-electron chi connectivity index (χ3n) is 3.08. The van der Waals surface area contributed by atoms with Gasteiger partial charge in [-0.15, -0.1) is 16.4 Å². The summed E-state index contributed by atoms with van der Waals surface area (Å²) in [4.78, 5) is 24.9. The van der Waals surface area contributed by atoms with Gasteiger partial charge in [-0.25, -0.2) is 0 Å². The molecule has 0 aliphatic carbocycles. The Morgan fingerprint density at radius 1 is 1.25 bits per heavy atom. The van der Waals surface area contributed by atoms with Gasteiger partial charge in [0.15, 0.2) is 5.17 Å². The molecule has 0 radical (unpaired) electrons. The predicted molar refractivity (Wildman–Crippen MR) is 98.6 cm³/mol. The molecule has 0 bridgehead atoms. The van der Waals surface area contributed by atoms with Crippen LogP contribution in [-0.2, 0) is 9.59 Å². The zero-order valence-electron chi connectivity index (χ0n) is 12.5. The van der Waals surface area contributed by atoms with Crippen molar-refractivity contribution in [3.63, 3.8) is 0 Å². The van der Waals surface area contributed by atoms with Crippen molar-refractivity contribution in [3.8, 4) is 0 Å². The summed E-state index contributed by atoms with van der Waals surface area (Å²) in [6.45, 7) is 0. The lowest BCUT2D eigenvalue weighted by molar-refractivity contribution is -0.122. The average molecular weight is 358 g/mol. The molecule has 1 fully saturated rings. The number of amides is 2. The van der Waals surface area contributed by atoms with Crippen molar-refractivity contribution in [3.05, 3.63) is 52.7 Å². The molecule has 0 unspecified atom stereocenters. The fourth-order valence-electron chi connectivity index (χ4n) is 1.99. The zero-order chi connectivity index (χ0) is 16.8. The maximum Gasteiger partial charge on any atom is 0.240 e. The molecule has 2 heterocycles. The normalized spacial score (nSPS) is 18.9. The summed E-state index contributed by atoms with van der Waals surface area (Å²) < 4.78 is 0. The van der Waals surface area contributed by atoms with E-state index < -0.39 is 5.25 Å². The summed E-state index contributed by atoms with van der Waals surface area (Å²) in [5, 5.41) is 15.2. The van der Waals surface area contributed by atoms with Crippen molar-refractivity contribution in [1.29, 1.82) is 0 Å². The third kappa shape index (κ3) is 4.53. The number of carbonyl (C=O) groups is 2. The van der Waals surface area contributed by atoms with Crippen LogP contribution in [0.3, 0.4) is 0 Å². The first-order valence-corrected chi connectivity index (χ1v) is 8.93. The minimum Gasteiger partial charge on any atom is -0.326 e. The van der Waals surface area contributed by atoms with Crippen LogP contribution < -0.4 is 10.6 Å². The molecule has 2 N–H and O–H groups in total. The highest BCUT2D eigenvalue weighted by molar-refractivity contribution is 8.15. The van der Waals surface area contributed by atoms with Crippen molar-refractivity contribution < 1.29 is 9.59 Å². The molecular weight excluding hydrogens is 344 g/mol.